The molecule has 1 aromatic rings. The van der Waals surface area contributed by atoms with E-state index in [-0.39, 0.29) is 0 Å². The third-order valence-corrected chi connectivity index (χ3v) is 3.60. The number of allylic oxidation sites excluding steroid dienone is 2. The van der Waals surface area contributed by atoms with E-state index in [1.807, 2.05) is 50.5 Å². The lowest BCUT2D eigenvalue weighted by Gasteiger charge is -2.01. The van der Waals surface area contributed by atoms with Crippen LogP contribution in [0, 0.1) is 5.92 Å². The van der Waals surface area contributed by atoms with Crippen LogP contribution in [0.25, 0.3) is 5.57 Å². The summed E-state index contributed by atoms with van der Waals surface area (Å²) in [5, 5.41) is 1.88. The Morgan fingerprint density at radius 3 is 2.26 bits per heavy atom. The minimum absolute atomic E-state index is 0.722. The number of thiol groups is 1. The fourth-order valence-electron chi connectivity index (χ4n) is 1.43. The number of hydrogen-bond donors (Lipinski definition) is 1. The minimum atomic E-state index is 0.722. The molecule has 0 aromatic carbocycles. The third-order valence-electron chi connectivity index (χ3n) is 2.11. The average molecular weight is 299 g/mol. The van der Waals surface area contributed by atoms with Crippen molar-refractivity contribution < 1.29 is 0 Å². The summed E-state index contributed by atoms with van der Waals surface area (Å²) in [4.78, 5) is 2.78. The molecule has 0 aliphatic heterocycles. The number of hydrogen-bond acceptors (Lipinski definition) is 2. The first-order valence-corrected chi connectivity index (χ1v) is 8.54. The summed E-state index contributed by atoms with van der Waals surface area (Å²) in [5.74, 6) is 0.722. The van der Waals surface area contributed by atoms with Gasteiger partial charge in [-0.15, -0.1) is 17.9 Å². The number of rotatable bonds is 5. The molecule has 1 rings (SSSR count). The van der Waals surface area contributed by atoms with Gasteiger partial charge in [0.25, 0.3) is 0 Å². The van der Waals surface area contributed by atoms with Crippen LogP contribution in [0.5, 0.6) is 0 Å². The highest BCUT2D eigenvalue weighted by molar-refractivity contribution is 7.83. The fourth-order valence-corrected chi connectivity index (χ4v) is 3.01. The quantitative estimate of drug-likeness (QED) is 0.446. The molecule has 19 heavy (non-hydrogen) atoms. The van der Waals surface area contributed by atoms with Crippen molar-refractivity contribution in [1.29, 1.82) is 0 Å². The van der Waals surface area contributed by atoms with Crippen molar-refractivity contribution in [3.05, 3.63) is 40.0 Å². The molecular weight excluding hydrogens is 268 g/mol. The van der Waals surface area contributed by atoms with Gasteiger partial charge in [0.2, 0.25) is 0 Å². The molecule has 0 atom stereocenters. The predicted octanol–water partition coefficient (Wildman–Crippen LogP) is 6.85. The van der Waals surface area contributed by atoms with E-state index in [0.717, 1.165) is 12.3 Å². The van der Waals surface area contributed by atoms with Gasteiger partial charge in [-0.25, -0.2) is 0 Å². The van der Waals surface area contributed by atoms with Crippen molar-refractivity contribution in [1.82, 2.24) is 0 Å². The molecule has 0 amide bonds. The SMILES string of the molecule is C=CC/C(=C/S)c1ccc(CC(C)C)s1.CC.CC. The van der Waals surface area contributed by atoms with Gasteiger partial charge in [0.15, 0.2) is 0 Å². The molecule has 0 bridgehead atoms. The Morgan fingerprint density at radius 2 is 1.84 bits per heavy atom. The van der Waals surface area contributed by atoms with Crippen LogP contribution >= 0.6 is 24.0 Å². The molecular formula is C17H30S2. The van der Waals surface area contributed by atoms with E-state index in [4.69, 9.17) is 0 Å². The molecule has 0 fully saturated rings. The van der Waals surface area contributed by atoms with Gasteiger partial charge in [0.05, 0.1) is 0 Å². The van der Waals surface area contributed by atoms with Gasteiger partial charge in [-0.1, -0.05) is 47.6 Å². The van der Waals surface area contributed by atoms with Gasteiger partial charge in [-0.2, -0.15) is 12.6 Å². The van der Waals surface area contributed by atoms with Gasteiger partial charge in [0, 0.05) is 9.75 Å². The topological polar surface area (TPSA) is 0 Å². The van der Waals surface area contributed by atoms with Crippen LogP contribution in [-0.2, 0) is 6.42 Å². The van der Waals surface area contributed by atoms with Crippen LogP contribution < -0.4 is 0 Å². The van der Waals surface area contributed by atoms with E-state index >= 15 is 0 Å². The van der Waals surface area contributed by atoms with Gasteiger partial charge in [-0.05, 0) is 41.9 Å². The van der Waals surface area contributed by atoms with E-state index in [2.05, 4.69) is 45.2 Å². The van der Waals surface area contributed by atoms with Gasteiger partial charge in [-0.3, -0.25) is 0 Å². The monoisotopic (exact) mass is 298 g/mol. The van der Waals surface area contributed by atoms with Crippen LogP contribution in [0.2, 0.25) is 0 Å². The summed E-state index contributed by atoms with van der Waals surface area (Å²) in [5.41, 5.74) is 1.26. The Balaban J connectivity index is 0. The van der Waals surface area contributed by atoms with Crippen molar-refractivity contribution >= 4 is 29.5 Å². The Hall–Kier alpha value is -0.470. The van der Waals surface area contributed by atoms with Gasteiger partial charge >= 0.3 is 0 Å². The molecule has 0 aliphatic rings. The molecule has 0 spiro atoms. The first-order valence-electron chi connectivity index (χ1n) is 7.20. The average Bonchev–Trinajstić information content (AvgIpc) is 2.88. The molecule has 0 nitrogen and oxygen atoms in total. The largest absolute Gasteiger partial charge is 0.151 e. The van der Waals surface area contributed by atoms with E-state index < -0.39 is 0 Å². The standard InChI is InChI=1S/C13H18S2.2C2H6/c1-4-5-11(9-14)13-7-6-12(15-13)8-10(2)3;2*1-2/h4,6-7,9-10,14H,1,5,8H2,2-3H3;2*1-2H3/b11-9-;;. The van der Waals surface area contributed by atoms with E-state index in [1.165, 1.54) is 21.7 Å². The van der Waals surface area contributed by atoms with Crippen LogP contribution in [-0.4, -0.2) is 0 Å². The zero-order valence-corrected chi connectivity index (χ0v) is 15.1. The second-order valence-electron chi connectivity index (χ2n) is 4.01. The maximum Gasteiger partial charge on any atom is 0.0313 e. The Bertz CT molecular complexity index is 346. The molecule has 0 radical (unpaired) electrons. The predicted molar refractivity (Wildman–Crippen MR) is 97.3 cm³/mol. The summed E-state index contributed by atoms with van der Waals surface area (Å²) in [7, 11) is 0. The lowest BCUT2D eigenvalue weighted by molar-refractivity contribution is 0.654. The van der Waals surface area contributed by atoms with Crippen LogP contribution in [0.1, 0.15) is 57.7 Å². The Morgan fingerprint density at radius 1 is 1.26 bits per heavy atom. The summed E-state index contributed by atoms with van der Waals surface area (Å²) >= 11 is 6.11. The Labute approximate surface area is 130 Å². The fraction of sp³-hybridized carbons (Fsp3) is 0.529. The van der Waals surface area contributed by atoms with Crippen molar-refractivity contribution in [2.45, 2.75) is 54.4 Å². The van der Waals surface area contributed by atoms with E-state index in [1.54, 1.807) is 0 Å². The molecule has 0 unspecified atom stereocenters. The lowest BCUT2D eigenvalue weighted by atomic mass is 10.1. The molecule has 0 aliphatic carbocycles. The van der Waals surface area contributed by atoms with Crippen molar-refractivity contribution in [2.75, 3.05) is 0 Å². The molecule has 1 aromatic heterocycles. The summed E-state index contributed by atoms with van der Waals surface area (Å²) in [6.07, 6.45) is 3.98. The van der Waals surface area contributed by atoms with Crippen molar-refractivity contribution in [2.24, 2.45) is 5.92 Å². The summed E-state index contributed by atoms with van der Waals surface area (Å²) < 4.78 is 0. The summed E-state index contributed by atoms with van der Waals surface area (Å²) in [6, 6.07) is 4.41. The van der Waals surface area contributed by atoms with Gasteiger partial charge < -0.3 is 0 Å². The lowest BCUT2D eigenvalue weighted by Crippen LogP contribution is -1.89. The first-order chi connectivity index (χ1) is 9.17. The highest BCUT2D eigenvalue weighted by atomic mass is 32.1. The second-order valence-corrected chi connectivity index (χ2v) is 5.44. The molecule has 0 saturated heterocycles. The minimum Gasteiger partial charge on any atom is -0.151 e. The summed E-state index contributed by atoms with van der Waals surface area (Å²) in [6.45, 7) is 16.3. The van der Waals surface area contributed by atoms with E-state index in [9.17, 15) is 0 Å². The third kappa shape index (κ3) is 9.12. The molecule has 2 heteroatoms. The second kappa shape index (κ2) is 14.0. The number of thiophene rings is 1. The normalized spacial score (nSPS) is 10.2. The maximum absolute atomic E-state index is 4.24. The highest BCUT2D eigenvalue weighted by Crippen LogP contribution is 2.28. The van der Waals surface area contributed by atoms with Crippen molar-refractivity contribution in [3.63, 3.8) is 0 Å². The zero-order chi connectivity index (χ0) is 15.3. The smallest absolute Gasteiger partial charge is 0.0313 e. The first kappa shape index (κ1) is 20.8. The van der Waals surface area contributed by atoms with Crippen LogP contribution in [0.4, 0.5) is 0 Å². The Kier molecular flexibility index (Phi) is 15.3. The van der Waals surface area contributed by atoms with Crippen molar-refractivity contribution in [3.8, 4) is 0 Å². The highest BCUT2D eigenvalue weighted by Gasteiger charge is 2.05. The zero-order valence-electron chi connectivity index (χ0n) is 13.4. The maximum atomic E-state index is 4.24. The van der Waals surface area contributed by atoms with Gasteiger partial charge in [0.1, 0.15) is 0 Å². The van der Waals surface area contributed by atoms with Crippen LogP contribution in [0.3, 0.4) is 0 Å². The van der Waals surface area contributed by atoms with Crippen LogP contribution in [0.15, 0.2) is 30.2 Å². The molecule has 1 heterocycles. The van der Waals surface area contributed by atoms with E-state index in [0.29, 0.717) is 0 Å². The molecule has 110 valence electrons. The molecule has 0 saturated carbocycles. The molecule has 0 N–H and O–H groups in total.